The van der Waals surface area contributed by atoms with Crippen molar-refractivity contribution in [2.75, 3.05) is 16.8 Å². The summed E-state index contributed by atoms with van der Waals surface area (Å²) in [6.07, 6.45) is 0.0147. The first-order chi connectivity index (χ1) is 12.8. The van der Waals surface area contributed by atoms with E-state index < -0.39 is 25.9 Å². The summed E-state index contributed by atoms with van der Waals surface area (Å²) in [6, 6.07) is 11.8. The van der Waals surface area contributed by atoms with E-state index in [9.17, 15) is 22.4 Å². The van der Waals surface area contributed by atoms with Crippen LogP contribution in [-0.2, 0) is 19.4 Å². The highest BCUT2D eigenvalue weighted by molar-refractivity contribution is 7.92. The molecule has 1 aliphatic heterocycles. The predicted octanol–water partition coefficient (Wildman–Crippen LogP) is 2.75. The van der Waals surface area contributed by atoms with E-state index in [1.807, 2.05) is 0 Å². The Balaban J connectivity index is 1.97. The van der Waals surface area contributed by atoms with Crippen molar-refractivity contribution in [1.29, 1.82) is 0 Å². The van der Waals surface area contributed by atoms with E-state index >= 15 is 0 Å². The van der Waals surface area contributed by atoms with Gasteiger partial charge >= 0.3 is 0 Å². The van der Waals surface area contributed by atoms with Crippen LogP contribution in [0.15, 0.2) is 53.4 Å². The number of nitrogens with zero attached hydrogens (tertiary/aromatic N) is 1. The molecule has 8 heteroatoms. The SMILES string of the molecule is CC(=O)Nc1ccc(N2CCC(=O)CC2S(=O)(=O)c2ccccc2F)cc1. The molecule has 1 unspecified atom stereocenters. The van der Waals surface area contributed by atoms with Gasteiger partial charge in [0.1, 0.15) is 21.9 Å². The number of hydrogen-bond donors (Lipinski definition) is 1. The summed E-state index contributed by atoms with van der Waals surface area (Å²) in [4.78, 5) is 24.3. The molecular weight excluding hydrogens is 371 g/mol. The molecule has 142 valence electrons. The Kier molecular flexibility index (Phi) is 5.27. The number of anilines is 2. The lowest BCUT2D eigenvalue weighted by atomic mass is 10.1. The van der Waals surface area contributed by atoms with Crippen LogP contribution in [0.1, 0.15) is 19.8 Å². The molecule has 1 aliphatic rings. The second-order valence-corrected chi connectivity index (χ2v) is 8.42. The minimum absolute atomic E-state index is 0.175. The number of Topliss-reactive ketones (excluding diaryl/α,β-unsaturated/α-hetero) is 1. The average molecular weight is 390 g/mol. The zero-order valence-corrected chi connectivity index (χ0v) is 15.5. The van der Waals surface area contributed by atoms with Gasteiger partial charge in [-0.2, -0.15) is 0 Å². The van der Waals surface area contributed by atoms with Crippen molar-refractivity contribution < 1.29 is 22.4 Å². The Bertz CT molecular complexity index is 973. The van der Waals surface area contributed by atoms with Crippen molar-refractivity contribution in [1.82, 2.24) is 0 Å². The van der Waals surface area contributed by atoms with Crippen LogP contribution in [0.4, 0.5) is 15.8 Å². The van der Waals surface area contributed by atoms with Crippen molar-refractivity contribution in [3.8, 4) is 0 Å². The summed E-state index contributed by atoms with van der Waals surface area (Å²) in [5, 5.41) is 1.46. The number of carbonyl (C=O) groups excluding carboxylic acids is 2. The van der Waals surface area contributed by atoms with E-state index in [1.165, 1.54) is 25.1 Å². The van der Waals surface area contributed by atoms with Crippen LogP contribution in [0.3, 0.4) is 0 Å². The van der Waals surface area contributed by atoms with E-state index in [-0.39, 0.29) is 31.1 Å². The maximum Gasteiger partial charge on any atom is 0.221 e. The number of hydrogen-bond acceptors (Lipinski definition) is 5. The largest absolute Gasteiger partial charge is 0.354 e. The molecule has 2 aromatic rings. The summed E-state index contributed by atoms with van der Waals surface area (Å²) in [5.74, 6) is -1.23. The highest BCUT2D eigenvalue weighted by Gasteiger charge is 2.39. The highest BCUT2D eigenvalue weighted by Crippen LogP contribution is 2.31. The molecule has 27 heavy (non-hydrogen) atoms. The predicted molar refractivity (Wildman–Crippen MR) is 99.7 cm³/mol. The van der Waals surface area contributed by atoms with Gasteiger partial charge < -0.3 is 10.2 Å². The molecule has 1 N–H and O–H groups in total. The molecule has 2 aromatic carbocycles. The fourth-order valence-electron chi connectivity index (χ4n) is 3.13. The number of halogens is 1. The Labute approximate surface area is 156 Å². The van der Waals surface area contributed by atoms with Gasteiger partial charge in [-0.3, -0.25) is 9.59 Å². The normalized spacial score (nSPS) is 17.6. The number of nitrogens with one attached hydrogen (secondary N) is 1. The third-order valence-corrected chi connectivity index (χ3v) is 6.48. The molecule has 3 rings (SSSR count). The molecule has 0 radical (unpaired) electrons. The van der Waals surface area contributed by atoms with Crippen molar-refractivity contribution in [2.24, 2.45) is 0 Å². The third kappa shape index (κ3) is 4.00. The monoisotopic (exact) mass is 390 g/mol. The van der Waals surface area contributed by atoms with E-state index in [0.29, 0.717) is 11.4 Å². The van der Waals surface area contributed by atoms with Gasteiger partial charge in [-0.15, -0.1) is 0 Å². The Hall–Kier alpha value is -2.74. The maximum absolute atomic E-state index is 14.1. The van der Waals surface area contributed by atoms with Crippen LogP contribution in [0.2, 0.25) is 0 Å². The van der Waals surface area contributed by atoms with Crippen LogP contribution in [-0.4, -0.2) is 32.0 Å². The number of piperidine rings is 1. The molecule has 0 spiro atoms. The van der Waals surface area contributed by atoms with Crippen molar-refractivity contribution in [3.05, 3.63) is 54.3 Å². The van der Waals surface area contributed by atoms with Gasteiger partial charge in [0, 0.05) is 37.7 Å². The average Bonchev–Trinajstić information content (AvgIpc) is 2.62. The molecule has 1 amide bonds. The maximum atomic E-state index is 14.1. The van der Waals surface area contributed by atoms with Crippen LogP contribution in [0.5, 0.6) is 0 Å². The number of amides is 1. The minimum atomic E-state index is -4.09. The quantitative estimate of drug-likeness (QED) is 0.868. The van der Waals surface area contributed by atoms with Crippen molar-refractivity contribution in [3.63, 3.8) is 0 Å². The van der Waals surface area contributed by atoms with Gasteiger partial charge in [0.2, 0.25) is 15.7 Å². The zero-order valence-electron chi connectivity index (χ0n) is 14.7. The number of benzene rings is 2. The molecule has 6 nitrogen and oxygen atoms in total. The number of ketones is 1. The van der Waals surface area contributed by atoms with E-state index in [4.69, 9.17) is 0 Å². The first kappa shape index (κ1) is 19.0. The third-order valence-electron chi connectivity index (χ3n) is 4.40. The lowest BCUT2D eigenvalue weighted by Crippen LogP contribution is -2.47. The van der Waals surface area contributed by atoms with Crippen LogP contribution >= 0.6 is 0 Å². The second-order valence-electron chi connectivity index (χ2n) is 6.34. The van der Waals surface area contributed by atoms with Gasteiger partial charge in [0.15, 0.2) is 0 Å². The molecule has 1 fully saturated rings. The number of rotatable bonds is 4. The summed E-state index contributed by atoms with van der Waals surface area (Å²) in [6.45, 7) is 1.61. The van der Waals surface area contributed by atoms with Gasteiger partial charge in [0.25, 0.3) is 0 Å². The number of carbonyl (C=O) groups is 2. The second kappa shape index (κ2) is 7.48. The zero-order chi connectivity index (χ0) is 19.6. The van der Waals surface area contributed by atoms with Crippen molar-refractivity contribution in [2.45, 2.75) is 30.0 Å². The lowest BCUT2D eigenvalue weighted by molar-refractivity contribution is -0.119. The minimum Gasteiger partial charge on any atom is -0.354 e. The molecule has 1 heterocycles. The summed E-state index contributed by atoms with van der Waals surface area (Å²) in [7, 11) is -4.09. The van der Waals surface area contributed by atoms with Crippen molar-refractivity contribution >= 4 is 32.9 Å². The fourth-order valence-corrected chi connectivity index (χ4v) is 5.00. The highest BCUT2D eigenvalue weighted by atomic mass is 32.2. The van der Waals surface area contributed by atoms with Crippen LogP contribution in [0, 0.1) is 5.82 Å². The Morgan fingerprint density at radius 2 is 1.81 bits per heavy atom. The van der Waals surface area contributed by atoms with Crippen LogP contribution < -0.4 is 10.2 Å². The standard InChI is InChI=1S/C19H19FN2O4S/c1-13(23)21-14-6-8-15(9-7-14)22-11-10-16(24)12-19(22)27(25,26)18-5-3-2-4-17(18)20/h2-9,19H,10-12H2,1H3,(H,21,23). The fraction of sp³-hybridized carbons (Fsp3) is 0.263. The topological polar surface area (TPSA) is 83.6 Å². The summed E-state index contributed by atoms with van der Waals surface area (Å²) < 4.78 is 40.2. The van der Waals surface area contributed by atoms with Crippen LogP contribution in [0.25, 0.3) is 0 Å². The summed E-state index contributed by atoms with van der Waals surface area (Å²) >= 11 is 0. The molecule has 1 atom stereocenters. The smallest absolute Gasteiger partial charge is 0.221 e. The van der Waals surface area contributed by atoms with Gasteiger partial charge in [0.05, 0.1) is 0 Å². The lowest BCUT2D eigenvalue weighted by Gasteiger charge is -2.36. The van der Waals surface area contributed by atoms with Gasteiger partial charge in [-0.05, 0) is 36.4 Å². The van der Waals surface area contributed by atoms with E-state index in [1.54, 1.807) is 29.2 Å². The molecule has 0 aromatic heterocycles. The molecule has 1 saturated heterocycles. The number of sulfone groups is 1. The summed E-state index contributed by atoms with van der Waals surface area (Å²) in [5.41, 5.74) is 1.16. The first-order valence-electron chi connectivity index (χ1n) is 8.43. The molecule has 0 aliphatic carbocycles. The molecule has 0 bridgehead atoms. The van der Waals surface area contributed by atoms with E-state index in [0.717, 1.165) is 6.07 Å². The molecular formula is C19H19FN2O4S. The molecule has 0 saturated carbocycles. The Morgan fingerprint density at radius 3 is 2.44 bits per heavy atom. The van der Waals surface area contributed by atoms with Gasteiger partial charge in [-0.1, -0.05) is 12.1 Å². The van der Waals surface area contributed by atoms with Gasteiger partial charge in [-0.25, -0.2) is 12.8 Å². The Morgan fingerprint density at radius 1 is 1.15 bits per heavy atom. The van der Waals surface area contributed by atoms with E-state index in [2.05, 4.69) is 5.32 Å². The first-order valence-corrected chi connectivity index (χ1v) is 9.98.